The number of nitrogens with zero attached hydrogens (tertiary/aromatic N) is 2. The summed E-state index contributed by atoms with van der Waals surface area (Å²) >= 11 is 2.10. The third-order valence-electron chi connectivity index (χ3n) is 4.33. The second-order valence-electron chi connectivity index (χ2n) is 5.88. The molecular formula is C15H31N3S. The van der Waals surface area contributed by atoms with Gasteiger partial charge in [-0.1, -0.05) is 6.92 Å². The summed E-state index contributed by atoms with van der Waals surface area (Å²) in [6.07, 6.45) is 5.38. The molecule has 0 saturated carbocycles. The normalized spacial score (nSPS) is 27.3. The van der Waals surface area contributed by atoms with E-state index in [1.165, 1.54) is 83.0 Å². The number of thioether (sulfide) groups is 1. The molecule has 1 N–H and O–H groups in total. The predicted molar refractivity (Wildman–Crippen MR) is 86.1 cm³/mol. The smallest absolute Gasteiger partial charge is 0.0108 e. The minimum absolute atomic E-state index is 0.765. The molecular weight excluding hydrogens is 254 g/mol. The van der Waals surface area contributed by atoms with Gasteiger partial charge in [-0.3, -0.25) is 0 Å². The molecule has 0 aromatic heterocycles. The van der Waals surface area contributed by atoms with Gasteiger partial charge in [-0.15, -0.1) is 0 Å². The van der Waals surface area contributed by atoms with Crippen molar-refractivity contribution in [1.29, 1.82) is 0 Å². The van der Waals surface area contributed by atoms with Gasteiger partial charge in [0, 0.05) is 43.7 Å². The molecule has 0 aromatic carbocycles. The lowest BCUT2D eigenvalue weighted by Crippen LogP contribution is -2.40. The highest BCUT2D eigenvalue weighted by Gasteiger charge is 2.16. The summed E-state index contributed by atoms with van der Waals surface area (Å²) in [5, 5.41) is 3.80. The Balaban J connectivity index is 1.57. The first-order chi connectivity index (χ1) is 9.38. The van der Waals surface area contributed by atoms with Gasteiger partial charge >= 0.3 is 0 Å². The highest BCUT2D eigenvalue weighted by molar-refractivity contribution is 7.99. The lowest BCUT2D eigenvalue weighted by molar-refractivity contribution is 0.277. The molecule has 0 radical (unpaired) electrons. The standard InChI is InChI=1S/C15H31N3S/c1-2-7-17-8-3-4-15(5-9-17)16-6-10-18-11-13-19-14-12-18/h15-16H,2-14H2,1H3. The van der Waals surface area contributed by atoms with Crippen LogP contribution in [0.3, 0.4) is 0 Å². The Labute approximate surface area is 123 Å². The maximum Gasteiger partial charge on any atom is 0.0108 e. The zero-order valence-electron chi connectivity index (χ0n) is 12.6. The van der Waals surface area contributed by atoms with Crippen LogP contribution in [0.2, 0.25) is 0 Å². The van der Waals surface area contributed by atoms with Crippen molar-refractivity contribution >= 4 is 11.8 Å². The molecule has 2 fully saturated rings. The second-order valence-corrected chi connectivity index (χ2v) is 7.10. The Morgan fingerprint density at radius 1 is 1.00 bits per heavy atom. The Bertz CT molecular complexity index is 231. The average molecular weight is 286 g/mol. The molecule has 1 atom stereocenters. The number of nitrogens with one attached hydrogen (secondary N) is 1. The predicted octanol–water partition coefficient (Wildman–Crippen LogP) is 1.89. The van der Waals surface area contributed by atoms with E-state index in [0.717, 1.165) is 6.04 Å². The first kappa shape index (κ1) is 15.6. The Morgan fingerprint density at radius 3 is 2.58 bits per heavy atom. The van der Waals surface area contributed by atoms with Crippen molar-refractivity contribution in [3.63, 3.8) is 0 Å². The van der Waals surface area contributed by atoms with Gasteiger partial charge in [-0.25, -0.2) is 0 Å². The molecule has 1 unspecified atom stereocenters. The molecule has 2 aliphatic heterocycles. The molecule has 4 heteroatoms. The van der Waals surface area contributed by atoms with Crippen LogP contribution in [0, 0.1) is 0 Å². The average Bonchev–Trinajstić information content (AvgIpc) is 2.66. The van der Waals surface area contributed by atoms with E-state index in [4.69, 9.17) is 0 Å². The van der Waals surface area contributed by atoms with Gasteiger partial charge in [0.1, 0.15) is 0 Å². The molecule has 0 aliphatic carbocycles. The Morgan fingerprint density at radius 2 is 1.79 bits per heavy atom. The van der Waals surface area contributed by atoms with Crippen LogP contribution in [0.15, 0.2) is 0 Å². The van der Waals surface area contributed by atoms with Crippen LogP contribution in [0.5, 0.6) is 0 Å². The van der Waals surface area contributed by atoms with Crippen LogP contribution < -0.4 is 5.32 Å². The van der Waals surface area contributed by atoms with Crippen LogP contribution in [-0.4, -0.2) is 73.2 Å². The summed E-state index contributed by atoms with van der Waals surface area (Å²) in [6, 6.07) is 0.765. The van der Waals surface area contributed by atoms with Gasteiger partial charge < -0.3 is 15.1 Å². The van der Waals surface area contributed by atoms with Crippen molar-refractivity contribution in [2.45, 2.75) is 38.6 Å². The van der Waals surface area contributed by atoms with E-state index in [1.807, 2.05) is 0 Å². The first-order valence-electron chi connectivity index (χ1n) is 8.14. The number of likely N-dealkylation sites (tertiary alicyclic amines) is 1. The molecule has 19 heavy (non-hydrogen) atoms. The van der Waals surface area contributed by atoms with E-state index < -0.39 is 0 Å². The summed E-state index contributed by atoms with van der Waals surface area (Å²) in [5.41, 5.74) is 0. The van der Waals surface area contributed by atoms with Gasteiger partial charge in [0.05, 0.1) is 0 Å². The quantitative estimate of drug-likeness (QED) is 0.803. The monoisotopic (exact) mass is 285 g/mol. The van der Waals surface area contributed by atoms with Crippen molar-refractivity contribution in [3.05, 3.63) is 0 Å². The molecule has 2 saturated heterocycles. The van der Waals surface area contributed by atoms with Crippen LogP contribution >= 0.6 is 11.8 Å². The van der Waals surface area contributed by atoms with Crippen LogP contribution in [0.25, 0.3) is 0 Å². The minimum Gasteiger partial charge on any atom is -0.313 e. The molecule has 112 valence electrons. The van der Waals surface area contributed by atoms with Gasteiger partial charge in [0.2, 0.25) is 0 Å². The molecule has 0 amide bonds. The fourth-order valence-electron chi connectivity index (χ4n) is 3.15. The van der Waals surface area contributed by atoms with Crippen molar-refractivity contribution in [2.24, 2.45) is 0 Å². The lowest BCUT2D eigenvalue weighted by atomic mass is 10.1. The number of rotatable bonds is 6. The van der Waals surface area contributed by atoms with E-state index in [2.05, 4.69) is 33.8 Å². The maximum absolute atomic E-state index is 3.80. The van der Waals surface area contributed by atoms with E-state index in [1.54, 1.807) is 0 Å². The fraction of sp³-hybridized carbons (Fsp3) is 1.00. The summed E-state index contributed by atoms with van der Waals surface area (Å²) in [4.78, 5) is 5.26. The van der Waals surface area contributed by atoms with Crippen molar-refractivity contribution < 1.29 is 0 Å². The third-order valence-corrected chi connectivity index (χ3v) is 5.27. The Kier molecular flexibility index (Phi) is 7.58. The van der Waals surface area contributed by atoms with E-state index in [9.17, 15) is 0 Å². The third kappa shape index (κ3) is 6.03. The number of hydrogen-bond donors (Lipinski definition) is 1. The molecule has 3 nitrogen and oxygen atoms in total. The highest BCUT2D eigenvalue weighted by atomic mass is 32.2. The maximum atomic E-state index is 3.80. The molecule has 0 aromatic rings. The SMILES string of the molecule is CCCN1CCCC(NCCN2CCSCC2)CC1. The molecule has 2 heterocycles. The van der Waals surface area contributed by atoms with Gasteiger partial charge in [-0.05, 0) is 45.3 Å². The summed E-state index contributed by atoms with van der Waals surface area (Å²) in [7, 11) is 0. The second kappa shape index (κ2) is 9.22. The van der Waals surface area contributed by atoms with Gasteiger partial charge in [-0.2, -0.15) is 11.8 Å². The van der Waals surface area contributed by atoms with Crippen molar-refractivity contribution in [2.75, 3.05) is 57.3 Å². The van der Waals surface area contributed by atoms with Crippen LogP contribution in [-0.2, 0) is 0 Å². The van der Waals surface area contributed by atoms with E-state index in [-0.39, 0.29) is 0 Å². The summed E-state index contributed by atoms with van der Waals surface area (Å²) < 4.78 is 0. The van der Waals surface area contributed by atoms with E-state index >= 15 is 0 Å². The van der Waals surface area contributed by atoms with Gasteiger partial charge in [0.25, 0.3) is 0 Å². The first-order valence-corrected chi connectivity index (χ1v) is 9.30. The van der Waals surface area contributed by atoms with Crippen LogP contribution in [0.1, 0.15) is 32.6 Å². The zero-order chi connectivity index (χ0) is 13.3. The summed E-state index contributed by atoms with van der Waals surface area (Å²) in [5.74, 6) is 2.66. The van der Waals surface area contributed by atoms with Crippen LogP contribution in [0.4, 0.5) is 0 Å². The molecule has 2 rings (SSSR count). The van der Waals surface area contributed by atoms with Crippen molar-refractivity contribution in [3.8, 4) is 0 Å². The van der Waals surface area contributed by atoms with Crippen molar-refractivity contribution in [1.82, 2.24) is 15.1 Å². The zero-order valence-corrected chi connectivity index (χ0v) is 13.4. The summed E-state index contributed by atoms with van der Waals surface area (Å²) in [6.45, 7) is 11.2. The van der Waals surface area contributed by atoms with E-state index in [0.29, 0.717) is 0 Å². The topological polar surface area (TPSA) is 18.5 Å². The van der Waals surface area contributed by atoms with Gasteiger partial charge in [0.15, 0.2) is 0 Å². The number of hydrogen-bond acceptors (Lipinski definition) is 4. The minimum atomic E-state index is 0.765. The largest absolute Gasteiger partial charge is 0.313 e. The molecule has 2 aliphatic rings. The fourth-order valence-corrected chi connectivity index (χ4v) is 4.13. The molecule has 0 bridgehead atoms. The Hall–Kier alpha value is 0.230. The molecule has 0 spiro atoms. The highest BCUT2D eigenvalue weighted by Crippen LogP contribution is 2.12. The lowest BCUT2D eigenvalue weighted by Gasteiger charge is -2.27.